The summed E-state index contributed by atoms with van der Waals surface area (Å²) in [6.07, 6.45) is -5.58. The topological polar surface area (TPSA) is 59.8 Å². The average molecular weight is 440 g/mol. The van der Waals surface area contributed by atoms with Crippen molar-refractivity contribution in [2.24, 2.45) is 0 Å². The van der Waals surface area contributed by atoms with Gasteiger partial charge in [-0.1, -0.05) is 23.7 Å². The molecule has 5 nitrogen and oxygen atoms in total. The van der Waals surface area contributed by atoms with Crippen molar-refractivity contribution in [2.75, 3.05) is 13.1 Å². The minimum atomic E-state index is -4.92. The first-order valence-corrected chi connectivity index (χ1v) is 9.44. The number of carbonyl (C=O) groups excluding carboxylic acids is 1. The Morgan fingerprint density at radius 3 is 2.30 bits per heavy atom. The second-order valence-corrected chi connectivity index (χ2v) is 6.77. The van der Waals surface area contributed by atoms with E-state index in [0.717, 1.165) is 6.07 Å². The van der Waals surface area contributed by atoms with Crippen LogP contribution in [0.5, 0.6) is 5.75 Å². The number of halogens is 4. The monoisotopic (exact) mass is 439 g/mol. The third kappa shape index (κ3) is 4.28. The molecule has 9 heteroatoms. The van der Waals surface area contributed by atoms with Crippen molar-refractivity contribution in [1.82, 2.24) is 4.90 Å². The molecule has 1 aromatic heterocycles. The molecule has 0 atom stereocenters. The summed E-state index contributed by atoms with van der Waals surface area (Å²) >= 11 is 5.80. The summed E-state index contributed by atoms with van der Waals surface area (Å²) in [4.78, 5) is 26.4. The van der Waals surface area contributed by atoms with Crippen LogP contribution in [0.3, 0.4) is 0 Å². The van der Waals surface area contributed by atoms with Crippen molar-refractivity contribution in [3.63, 3.8) is 0 Å². The molecule has 0 aliphatic rings. The van der Waals surface area contributed by atoms with Crippen LogP contribution in [0.15, 0.2) is 51.7 Å². The Morgan fingerprint density at radius 1 is 1.10 bits per heavy atom. The number of hydrogen-bond acceptors (Lipinski definition) is 4. The fraction of sp³-hybridized carbons (Fsp3) is 0.238. The van der Waals surface area contributed by atoms with Gasteiger partial charge in [0.2, 0.25) is 11.2 Å². The van der Waals surface area contributed by atoms with Crippen LogP contribution in [-0.4, -0.2) is 24.1 Å². The molecule has 0 fully saturated rings. The van der Waals surface area contributed by atoms with Crippen LogP contribution in [0, 0.1) is 0 Å². The molecule has 2 aromatic carbocycles. The molecule has 0 aliphatic heterocycles. The number of fused-ring (bicyclic) bond motifs is 1. The van der Waals surface area contributed by atoms with Gasteiger partial charge in [-0.05, 0) is 43.7 Å². The maximum atomic E-state index is 13.7. The molecule has 0 bridgehead atoms. The van der Waals surface area contributed by atoms with Crippen molar-refractivity contribution < 1.29 is 27.1 Å². The third-order valence-electron chi connectivity index (χ3n) is 4.48. The standard InChI is InChI=1S/C21H17ClF3NO4/c1-3-26(4-2)20(28)29-14-9-10-15-16(11-14)30-19(21(23,24)25)17(18(15)27)12-5-7-13(22)8-6-12/h5-11H,3-4H2,1-2H3. The summed E-state index contributed by atoms with van der Waals surface area (Å²) in [6.45, 7) is 4.33. The van der Waals surface area contributed by atoms with E-state index in [4.69, 9.17) is 20.8 Å². The quantitative estimate of drug-likeness (QED) is 0.502. The molecule has 0 spiro atoms. The molecule has 0 radical (unpaired) electrons. The van der Waals surface area contributed by atoms with E-state index in [1.54, 1.807) is 13.8 Å². The predicted molar refractivity (Wildman–Crippen MR) is 107 cm³/mol. The highest BCUT2D eigenvalue weighted by Crippen LogP contribution is 2.38. The zero-order valence-corrected chi connectivity index (χ0v) is 16.8. The van der Waals surface area contributed by atoms with E-state index in [1.165, 1.54) is 41.3 Å². The van der Waals surface area contributed by atoms with Crippen LogP contribution in [0.25, 0.3) is 22.1 Å². The SMILES string of the molecule is CCN(CC)C(=O)Oc1ccc2c(=O)c(-c3ccc(Cl)cc3)c(C(F)(F)F)oc2c1. The number of nitrogens with zero attached hydrogens (tertiary/aromatic N) is 1. The molecule has 1 amide bonds. The highest BCUT2D eigenvalue weighted by Gasteiger charge is 2.39. The third-order valence-corrected chi connectivity index (χ3v) is 4.73. The van der Waals surface area contributed by atoms with Gasteiger partial charge in [-0.3, -0.25) is 4.79 Å². The number of ether oxygens (including phenoxy) is 1. The minimum absolute atomic E-state index is 0.0272. The second kappa shape index (κ2) is 8.39. The molecule has 0 saturated carbocycles. The second-order valence-electron chi connectivity index (χ2n) is 6.34. The number of alkyl halides is 3. The van der Waals surface area contributed by atoms with E-state index in [0.29, 0.717) is 18.1 Å². The number of amides is 1. The lowest BCUT2D eigenvalue weighted by atomic mass is 10.0. The number of benzene rings is 2. The fourth-order valence-electron chi connectivity index (χ4n) is 2.96. The Labute approximate surface area is 174 Å². The summed E-state index contributed by atoms with van der Waals surface area (Å²) in [7, 11) is 0. The fourth-order valence-corrected chi connectivity index (χ4v) is 3.09. The van der Waals surface area contributed by atoms with Crippen molar-refractivity contribution in [3.05, 3.63) is 63.5 Å². The van der Waals surface area contributed by atoms with Gasteiger partial charge in [0.25, 0.3) is 0 Å². The van der Waals surface area contributed by atoms with Crippen molar-refractivity contribution in [3.8, 4) is 16.9 Å². The van der Waals surface area contributed by atoms with Crippen LogP contribution >= 0.6 is 11.6 Å². The van der Waals surface area contributed by atoms with Crippen LogP contribution in [0.2, 0.25) is 5.02 Å². The van der Waals surface area contributed by atoms with E-state index in [-0.39, 0.29) is 22.3 Å². The van der Waals surface area contributed by atoms with E-state index in [1.807, 2.05) is 0 Å². The van der Waals surface area contributed by atoms with E-state index >= 15 is 0 Å². The molecule has 0 aliphatic carbocycles. The summed E-state index contributed by atoms with van der Waals surface area (Å²) < 4.78 is 51.3. The molecule has 0 unspecified atom stereocenters. The summed E-state index contributed by atoms with van der Waals surface area (Å²) in [5.41, 5.74) is -1.78. The Morgan fingerprint density at radius 2 is 1.73 bits per heavy atom. The van der Waals surface area contributed by atoms with Gasteiger partial charge in [-0.25, -0.2) is 4.79 Å². The van der Waals surface area contributed by atoms with Gasteiger partial charge in [0.15, 0.2) is 0 Å². The molecule has 158 valence electrons. The average Bonchev–Trinajstić information content (AvgIpc) is 2.69. The molecule has 0 N–H and O–H groups in total. The normalized spacial score (nSPS) is 11.5. The first-order chi connectivity index (χ1) is 14.2. The molecule has 1 heterocycles. The van der Waals surface area contributed by atoms with E-state index < -0.39 is 29.0 Å². The van der Waals surface area contributed by atoms with Crippen molar-refractivity contribution in [2.45, 2.75) is 20.0 Å². The smallest absolute Gasteiger partial charge is 0.450 e. The number of rotatable bonds is 4. The summed E-state index contributed by atoms with van der Waals surface area (Å²) in [6, 6.07) is 9.10. The number of hydrogen-bond donors (Lipinski definition) is 0. The highest BCUT2D eigenvalue weighted by molar-refractivity contribution is 6.30. The Hall–Kier alpha value is -3.00. The van der Waals surface area contributed by atoms with Crippen molar-refractivity contribution >= 4 is 28.7 Å². The van der Waals surface area contributed by atoms with Gasteiger partial charge in [-0.15, -0.1) is 0 Å². The molecule has 3 rings (SSSR count). The maximum Gasteiger partial charge on any atom is 0.450 e. The molecular formula is C21H17ClF3NO4. The lowest BCUT2D eigenvalue weighted by Crippen LogP contribution is -2.33. The van der Waals surface area contributed by atoms with Crippen LogP contribution in [-0.2, 0) is 6.18 Å². The highest BCUT2D eigenvalue weighted by atomic mass is 35.5. The van der Waals surface area contributed by atoms with Crippen LogP contribution in [0.1, 0.15) is 19.6 Å². The molecule has 3 aromatic rings. The molecular weight excluding hydrogens is 423 g/mol. The van der Waals surface area contributed by atoms with Gasteiger partial charge in [0, 0.05) is 24.2 Å². The van der Waals surface area contributed by atoms with Crippen molar-refractivity contribution in [1.29, 1.82) is 0 Å². The zero-order valence-electron chi connectivity index (χ0n) is 16.0. The first kappa shape index (κ1) is 21.7. The lowest BCUT2D eigenvalue weighted by molar-refractivity contribution is -0.152. The van der Waals surface area contributed by atoms with Gasteiger partial charge in [0.1, 0.15) is 11.3 Å². The largest absolute Gasteiger partial charge is 0.450 e. The molecule has 0 saturated heterocycles. The van der Waals surface area contributed by atoms with Crippen LogP contribution in [0.4, 0.5) is 18.0 Å². The lowest BCUT2D eigenvalue weighted by Gasteiger charge is -2.18. The van der Waals surface area contributed by atoms with Gasteiger partial charge in [0.05, 0.1) is 10.9 Å². The Balaban J connectivity index is 2.16. The first-order valence-electron chi connectivity index (χ1n) is 9.06. The maximum absolute atomic E-state index is 13.7. The summed E-state index contributed by atoms with van der Waals surface area (Å²) in [5.74, 6) is -1.47. The Kier molecular flexibility index (Phi) is 6.07. The summed E-state index contributed by atoms with van der Waals surface area (Å²) in [5, 5.41) is 0.243. The zero-order chi connectivity index (χ0) is 22.1. The number of carbonyl (C=O) groups is 1. The van der Waals surface area contributed by atoms with Crippen LogP contribution < -0.4 is 10.2 Å². The Bertz CT molecular complexity index is 1140. The predicted octanol–water partition coefficient (Wildman–Crippen LogP) is 5.97. The van der Waals surface area contributed by atoms with E-state index in [2.05, 4.69) is 0 Å². The van der Waals surface area contributed by atoms with E-state index in [9.17, 15) is 22.8 Å². The van der Waals surface area contributed by atoms with Gasteiger partial charge >= 0.3 is 12.3 Å². The molecule has 30 heavy (non-hydrogen) atoms. The van der Waals surface area contributed by atoms with Gasteiger partial charge in [-0.2, -0.15) is 13.2 Å². The minimum Gasteiger partial charge on any atom is -0.450 e. The van der Waals surface area contributed by atoms with Gasteiger partial charge < -0.3 is 14.1 Å².